The van der Waals surface area contributed by atoms with Crippen LogP contribution in [0.2, 0.25) is 0 Å². The smallest absolute Gasteiger partial charge is 0.416 e. The molecule has 2 aromatic carbocycles. The van der Waals surface area contributed by atoms with Crippen molar-refractivity contribution in [1.82, 2.24) is 4.90 Å². The van der Waals surface area contributed by atoms with Crippen LogP contribution in [0.25, 0.3) is 0 Å². The molecule has 1 fully saturated rings. The van der Waals surface area contributed by atoms with Gasteiger partial charge in [-0.2, -0.15) is 26.3 Å². The second-order valence-corrected chi connectivity index (χ2v) is 7.46. The van der Waals surface area contributed by atoms with Crippen LogP contribution in [0, 0.1) is 5.92 Å². The van der Waals surface area contributed by atoms with Crippen molar-refractivity contribution in [2.45, 2.75) is 37.8 Å². The Bertz CT molecular complexity index is 874. The summed E-state index contributed by atoms with van der Waals surface area (Å²) in [5.74, 6) is -1.17. The van der Waals surface area contributed by atoms with E-state index in [-0.39, 0.29) is 24.9 Å². The molecule has 30 heavy (non-hydrogen) atoms. The standard InChI is InChI=1S/C21H19F6NO2/c22-20(23,24)16-5-1-13(2-6-16)11-28-12-14(10-19(29)30)9-18(28)15-3-7-17(8-4-15)21(25,26)27/h1-8,14,18H,9-12H2,(H,29,30)/t14-,18+/m0/s1. The number of nitrogens with zero attached hydrogens (tertiary/aromatic N) is 1. The molecule has 9 heteroatoms. The maximum atomic E-state index is 12.8. The molecule has 2 atom stereocenters. The van der Waals surface area contributed by atoms with E-state index in [1.165, 1.54) is 24.3 Å². The van der Waals surface area contributed by atoms with Gasteiger partial charge in [-0.05, 0) is 47.7 Å². The minimum Gasteiger partial charge on any atom is -0.481 e. The highest BCUT2D eigenvalue weighted by molar-refractivity contribution is 5.67. The number of aliphatic carboxylic acids is 1. The van der Waals surface area contributed by atoms with Gasteiger partial charge in [0.2, 0.25) is 0 Å². The van der Waals surface area contributed by atoms with Crippen molar-refractivity contribution in [3.05, 3.63) is 70.8 Å². The van der Waals surface area contributed by atoms with E-state index in [1.807, 2.05) is 4.90 Å². The summed E-state index contributed by atoms with van der Waals surface area (Å²) in [6.07, 6.45) is -8.54. The van der Waals surface area contributed by atoms with Crippen molar-refractivity contribution in [2.75, 3.05) is 6.54 Å². The zero-order valence-corrected chi connectivity index (χ0v) is 15.7. The van der Waals surface area contributed by atoms with Gasteiger partial charge in [-0.25, -0.2) is 0 Å². The SMILES string of the molecule is O=C(O)C[C@@H]1C[C@H](c2ccc(C(F)(F)F)cc2)N(Cc2ccc(C(F)(F)F)cc2)C1. The van der Waals surface area contributed by atoms with E-state index in [9.17, 15) is 31.1 Å². The maximum absolute atomic E-state index is 12.8. The molecule has 162 valence electrons. The topological polar surface area (TPSA) is 40.5 Å². The number of rotatable bonds is 5. The van der Waals surface area contributed by atoms with Gasteiger partial charge >= 0.3 is 18.3 Å². The molecule has 1 heterocycles. The van der Waals surface area contributed by atoms with Crippen LogP contribution in [-0.4, -0.2) is 22.5 Å². The summed E-state index contributed by atoms with van der Waals surface area (Å²) in [5, 5.41) is 9.09. The van der Waals surface area contributed by atoms with Crippen LogP contribution in [0.5, 0.6) is 0 Å². The highest BCUT2D eigenvalue weighted by Crippen LogP contribution is 2.39. The lowest BCUT2D eigenvalue weighted by Crippen LogP contribution is -2.24. The molecule has 3 rings (SSSR count). The van der Waals surface area contributed by atoms with Crippen LogP contribution >= 0.6 is 0 Å². The summed E-state index contributed by atoms with van der Waals surface area (Å²) >= 11 is 0. The summed E-state index contributed by atoms with van der Waals surface area (Å²) in [6, 6.07) is 9.06. The zero-order valence-electron chi connectivity index (χ0n) is 15.7. The van der Waals surface area contributed by atoms with E-state index in [2.05, 4.69) is 0 Å². The zero-order chi connectivity index (χ0) is 22.1. The highest BCUT2D eigenvalue weighted by Gasteiger charge is 2.36. The number of hydrogen-bond acceptors (Lipinski definition) is 2. The monoisotopic (exact) mass is 431 g/mol. The molecule has 2 aromatic rings. The molecule has 1 aliphatic rings. The summed E-state index contributed by atoms with van der Waals surface area (Å²) in [7, 11) is 0. The lowest BCUT2D eigenvalue weighted by atomic mass is 9.97. The van der Waals surface area contributed by atoms with E-state index in [0.717, 1.165) is 24.3 Å². The third kappa shape index (κ3) is 5.33. The van der Waals surface area contributed by atoms with Crippen LogP contribution in [0.4, 0.5) is 26.3 Å². The fourth-order valence-corrected chi connectivity index (χ4v) is 3.84. The Balaban J connectivity index is 1.81. The second kappa shape index (κ2) is 8.29. The molecule has 0 aliphatic carbocycles. The van der Waals surface area contributed by atoms with Crippen molar-refractivity contribution in [3.63, 3.8) is 0 Å². The first kappa shape index (κ1) is 22.1. The van der Waals surface area contributed by atoms with Gasteiger partial charge in [-0.3, -0.25) is 9.69 Å². The highest BCUT2D eigenvalue weighted by atomic mass is 19.4. The minimum atomic E-state index is -4.46. The third-order valence-corrected chi connectivity index (χ3v) is 5.24. The van der Waals surface area contributed by atoms with Gasteiger partial charge in [0.15, 0.2) is 0 Å². The first-order valence-electron chi connectivity index (χ1n) is 9.22. The molecule has 0 saturated carbocycles. The Morgan fingerprint density at radius 3 is 1.87 bits per heavy atom. The van der Waals surface area contributed by atoms with Gasteiger partial charge in [0.1, 0.15) is 0 Å². The summed E-state index contributed by atoms with van der Waals surface area (Å²) < 4.78 is 76.7. The van der Waals surface area contributed by atoms with Crippen LogP contribution in [0.15, 0.2) is 48.5 Å². The van der Waals surface area contributed by atoms with E-state index >= 15 is 0 Å². The fourth-order valence-electron chi connectivity index (χ4n) is 3.84. The van der Waals surface area contributed by atoms with Gasteiger partial charge in [0.05, 0.1) is 11.1 Å². The Kier molecular flexibility index (Phi) is 6.12. The third-order valence-electron chi connectivity index (χ3n) is 5.24. The van der Waals surface area contributed by atoms with E-state index < -0.39 is 29.4 Å². The lowest BCUT2D eigenvalue weighted by Gasteiger charge is -2.25. The van der Waals surface area contributed by atoms with Crippen molar-refractivity contribution in [1.29, 1.82) is 0 Å². The molecular formula is C21H19F6NO2. The van der Waals surface area contributed by atoms with Gasteiger partial charge in [0, 0.05) is 25.6 Å². The van der Waals surface area contributed by atoms with Crippen LogP contribution in [0.1, 0.15) is 41.1 Å². The minimum absolute atomic E-state index is 0.0827. The van der Waals surface area contributed by atoms with Crippen molar-refractivity contribution < 1.29 is 36.2 Å². The first-order chi connectivity index (χ1) is 13.9. The predicted molar refractivity (Wildman–Crippen MR) is 96.4 cm³/mol. The fraction of sp³-hybridized carbons (Fsp3) is 0.381. The molecule has 0 amide bonds. The molecule has 0 bridgehead atoms. The van der Waals surface area contributed by atoms with Crippen LogP contribution in [0.3, 0.4) is 0 Å². The normalized spacial score (nSPS) is 20.5. The van der Waals surface area contributed by atoms with Crippen LogP contribution < -0.4 is 0 Å². The number of alkyl halides is 6. The number of benzene rings is 2. The van der Waals surface area contributed by atoms with Crippen molar-refractivity contribution in [3.8, 4) is 0 Å². The average Bonchev–Trinajstić information content (AvgIpc) is 3.02. The van der Waals surface area contributed by atoms with E-state index in [1.54, 1.807) is 0 Å². The quantitative estimate of drug-likeness (QED) is 0.612. The second-order valence-electron chi connectivity index (χ2n) is 7.46. The summed E-state index contributed by atoms with van der Waals surface area (Å²) in [4.78, 5) is 13.0. The molecule has 1 aliphatic heterocycles. The Labute approximate surface area is 168 Å². The van der Waals surface area contributed by atoms with Crippen LogP contribution in [-0.2, 0) is 23.7 Å². The molecule has 0 unspecified atom stereocenters. The van der Waals surface area contributed by atoms with E-state index in [4.69, 9.17) is 5.11 Å². The molecule has 1 saturated heterocycles. The number of carboxylic acids is 1. The van der Waals surface area contributed by atoms with Gasteiger partial charge in [-0.1, -0.05) is 24.3 Å². The maximum Gasteiger partial charge on any atom is 0.416 e. The lowest BCUT2D eigenvalue weighted by molar-refractivity contribution is -0.138. The molecule has 1 N–H and O–H groups in total. The number of carbonyl (C=O) groups is 1. The molecular weight excluding hydrogens is 412 g/mol. The largest absolute Gasteiger partial charge is 0.481 e. The summed E-state index contributed by atoms with van der Waals surface area (Å²) in [6.45, 7) is 0.652. The Hall–Kier alpha value is -2.55. The number of halogens is 6. The molecule has 0 aromatic heterocycles. The van der Waals surface area contributed by atoms with E-state index in [0.29, 0.717) is 24.1 Å². The average molecular weight is 431 g/mol. The number of hydrogen-bond donors (Lipinski definition) is 1. The van der Waals surface area contributed by atoms with Gasteiger partial charge < -0.3 is 5.11 Å². The molecule has 3 nitrogen and oxygen atoms in total. The predicted octanol–water partition coefficient (Wildman–Crippen LogP) is 5.76. The Morgan fingerprint density at radius 2 is 1.40 bits per heavy atom. The summed E-state index contributed by atoms with van der Waals surface area (Å²) in [5.41, 5.74) is -0.324. The molecule has 0 spiro atoms. The van der Waals surface area contributed by atoms with Gasteiger partial charge in [-0.15, -0.1) is 0 Å². The van der Waals surface area contributed by atoms with Crippen molar-refractivity contribution >= 4 is 5.97 Å². The Morgan fingerprint density at radius 1 is 0.900 bits per heavy atom. The van der Waals surface area contributed by atoms with Crippen molar-refractivity contribution in [2.24, 2.45) is 5.92 Å². The van der Waals surface area contributed by atoms with Gasteiger partial charge in [0.25, 0.3) is 0 Å². The first-order valence-corrected chi connectivity index (χ1v) is 9.22. The molecule has 0 radical (unpaired) electrons. The number of carboxylic acid groups (broad SMARTS) is 1. The number of likely N-dealkylation sites (tertiary alicyclic amines) is 1.